The number of hydrogen-bond acceptors (Lipinski definition) is 3. The molecule has 2 aromatic rings. The molecule has 1 amide bonds. The maximum absolute atomic E-state index is 13.4. The molecule has 4 rings (SSSR count). The van der Waals surface area contributed by atoms with Crippen LogP contribution >= 0.6 is 0 Å². The highest BCUT2D eigenvalue weighted by atomic mass is 32.2. The third kappa shape index (κ3) is 2.97. The van der Waals surface area contributed by atoms with E-state index < -0.39 is 10.0 Å². The molecule has 0 radical (unpaired) electrons. The number of nitrogens with zero attached hydrogens (tertiary/aromatic N) is 2. The molecule has 5 nitrogen and oxygen atoms in total. The van der Waals surface area contributed by atoms with Gasteiger partial charge in [-0.15, -0.1) is 0 Å². The average Bonchev–Trinajstić information content (AvgIpc) is 2.93. The molecule has 6 heteroatoms. The summed E-state index contributed by atoms with van der Waals surface area (Å²) in [7, 11) is -3.63. The Labute approximate surface area is 160 Å². The van der Waals surface area contributed by atoms with Crippen LogP contribution in [-0.4, -0.2) is 31.7 Å². The molecule has 0 fully saturated rings. The van der Waals surface area contributed by atoms with Crippen LogP contribution in [0.2, 0.25) is 0 Å². The lowest BCUT2D eigenvalue weighted by Crippen LogP contribution is -2.32. The van der Waals surface area contributed by atoms with Gasteiger partial charge in [-0.3, -0.25) is 4.79 Å². The lowest BCUT2D eigenvalue weighted by atomic mass is 9.97. The minimum absolute atomic E-state index is 0.0807. The molecule has 0 unspecified atom stereocenters. The first-order valence-corrected chi connectivity index (χ1v) is 10.9. The highest BCUT2D eigenvalue weighted by Gasteiger charge is 2.39. The van der Waals surface area contributed by atoms with E-state index >= 15 is 0 Å². The minimum atomic E-state index is -3.63. The van der Waals surface area contributed by atoms with Gasteiger partial charge < -0.3 is 4.90 Å². The number of aryl methyl sites for hydroxylation is 1. The summed E-state index contributed by atoms with van der Waals surface area (Å²) in [5.41, 5.74) is 3.74. The Hall–Kier alpha value is -2.18. The first-order valence-electron chi connectivity index (χ1n) is 9.45. The highest BCUT2D eigenvalue weighted by molar-refractivity contribution is 7.89. The molecule has 2 aromatic carbocycles. The van der Waals surface area contributed by atoms with E-state index in [1.54, 1.807) is 12.1 Å². The maximum Gasteiger partial charge on any atom is 0.243 e. The second-order valence-electron chi connectivity index (χ2n) is 7.25. The van der Waals surface area contributed by atoms with Gasteiger partial charge in [0.25, 0.3) is 0 Å². The van der Waals surface area contributed by atoms with Crippen molar-refractivity contribution in [2.75, 3.05) is 18.0 Å². The topological polar surface area (TPSA) is 57.7 Å². The van der Waals surface area contributed by atoms with Crippen LogP contribution in [0.4, 0.5) is 5.69 Å². The SMILES string of the molecule is CCN(Cc1ccccc1)S(=O)(=O)c1cc2c3c(c1)[C@@H](C)C(=O)N3CCC2. The third-order valence-electron chi connectivity index (χ3n) is 5.58. The van der Waals surface area contributed by atoms with Crippen LogP contribution in [0.5, 0.6) is 0 Å². The number of rotatable bonds is 5. The van der Waals surface area contributed by atoms with E-state index in [4.69, 9.17) is 0 Å². The summed E-state index contributed by atoms with van der Waals surface area (Å²) >= 11 is 0. The van der Waals surface area contributed by atoms with Gasteiger partial charge in [-0.05, 0) is 48.6 Å². The fourth-order valence-electron chi connectivity index (χ4n) is 4.12. The zero-order valence-corrected chi connectivity index (χ0v) is 16.5. The van der Waals surface area contributed by atoms with Crippen molar-refractivity contribution in [3.8, 4) is 0 Å². The number of carbonyl (C=O) groups excluding carboxylic acids is 1. The predicted octanol–water partition coefficient (Wildman–Crippen LogP) is 3.29. The van der Waals surface area contributed by atoms with E-state index in [1.165, 1.54) is 4.31 Å². The first-order chi connectivity index (χ1) is 12.9. The smallest absolute Gasteiger partial charge is 0.243 e. The van der Waals surface area contributed by atoms with E-state index in [-0.39, 0.29) is 11.8 Å². The molecule has 0 saturated carbocycles. The van der Waals surface area contributed by atoms with Gasteiger partial charge in [-0.1, -0.05) is 37.3 Å². The molecule has 0 N–H and O–H groups in total. The number of sulfonamides is 1. The Morgan fingerprint density at radius 3 is 2.63 bits per heavy atom. The molecule has 1 atom stereocenters. The van der Waals surface area contributed by atoms with Crippen molar-refractivity contribution >= 4 is 21.6 Å². The molecular weight excluding hydrogens is 360 g/mol. The molecule has 142 valence electrons. The Morgan fingerprint density at radius 1 is 1.19 bits per heavy atom. The highest BCUT2D eigenvalue weighted by Crippen LogP contribution is 2.44. The van der Waals surface area contributed by atoms with Gasteiger partial charge in [0, 0.05) is 19.6 Å². The van der Waals surface area contributed by atoms with Crippen LogP contribution in [0.25, 0.3) is 0 Å². The van der Waals surface area contributed by atoms with E-state index in [1.807, 2.05) is 49.1 Å². The van der Waals surface area contributed by atoms with Crippen molar-refractivity contribution in [2.45, 2.75) is 44.0 Å². The van der Waals surface area contributed by atoms with Gasteiger partial charge >= 0.3 is 0 Å². The molecule has 0 aliphatic carbocycles. The minimum Gasteiger partial charge on any atom is -0.311 e. The number of anilines is 1. The van der Waals surface area contributed by atoms with Crippen LogP contribution < -0.4 is 4.90 Å². The number of amides is 1. The van der Waals surface area contributed by atoms with Gasteiger partial charge in [-0.25, -0.2) is 8.42 Å². The molecular formula is C21H24N2O3S. The van der Waals surface area contributed by atoms with Crippen LogP contribution in [0.3, 0.4) is 0 Å². The van der Waals surface area contributed by atoms with Crippen LogP contribution in [0.1, 0.15) is 42.9 Å². The summed E-state index contributed by atoms with van der Waals surface area (Å²) in [5, 5.41) is 0. The maximum atomic E-state index is 13.4. The second kappa shape index (κ2) is 6.77. The Kier molecular flexibility index (Phi) is 4.56. The van der Waals surface area contributed by atoms with Gasteiger partial charge in [0.05, 0.1) is 16.5 Å². The Morgan fingerprint density at radius 2 is 1.93 bits per heavy atom. The van der Waals surface area contributed by atoms with E-state index in [2.05, 4.69) is 0 Å². The van der Waals surface area contributed by atoms with E-state index in [0.29, 0.717) is 18.0 Å². The zero-order valence-electron chi connectivity index (χ0n) is 15.7. The van der Waals surface area contributed by atoms with Gasteiger partial charge in [0.2, 0.25) is 15.9 Å². The zero-order chi connectivity index (χ0) is 19.2. The standard InChI is InChI=1S/C21H24N2O3S/c1-3-22(14-16-8-5-4-6-9-16)27(25,26)18-12-17-10-7-11-23-20(17)19(13-18)15(2)21(23)24/h4-6,8-9,12-13,15H,3,7,10-11,14H2,1-2H3/t15-/m1/s1. The van der Waals surface area contributed by atoms with Gasteiger partial charge in [-0.2, -0.15) is 4.31 Å². The fourth-order valence-corrected chi connectivity index (χ4v) is 5.64. The lowest BCUT2D eigenvalue weighted by molar-refractivity contribution is -0.119. The van der Waals surface area contributed by atoms with Crippen molar-refractivity contribution in [1.29, 1.82) is 0 Å². The third-order valence-corrected chi connectivity index (χ3v) is 7.48. The second-order valence-corrected chi connectivity index (χ2v) is 9.19. The van der Waals surface area contributed by atoms with Crippen LogP contribution in [0, 0.1) is 0 Å². The van der Waals surface area contributed by atoms with Gasteiger partial charge in [0.1, 0.15) is 0 Å². The van der Waals surface area contributed by atoms with Crippen molar-refractivity contribution in [3.63, 3.8) is 0 Å². The number of hydrogen-bond donors (Lipinski definition) is 0. The van der Waals surface area contributed by atoms with Gasteiger partial charge in [0.15, 0.2) is 0 Å². The summed E-state index contributed by atoms with van der Waals surface area (Å²) in [5.74, 6) is -0.201. The molecule has 0 aromatic heterocycles. The fraction of sp³-hybridized carbons (Fsp3) is 0.381. The quantitative estimate of drug-likeness (QED) is 0.795. The molecule has 0 bridgehead atoms. The largest absolute Gasteiger partial charge is 0.311 e. The Bertz CT molecular complexity index is 986. The summed E-state index contributed by atoms with van der Waals surface area (Å²) in [6, 6.07) is 13.1. The van der Waals surface area contributed by atoms with Crippen molar-refractivity contribution in [2.24, 2.45) is 0 Å². The summed E-state index contributed by atoms with van der Waals surface area (Å²) in [6.07, 6.45) is 1.68. The van der Waals surface area contributed by atoms with Crippen molar-refractivity contribution in [3.05, 3.63) is 59.2 Å². The summed E-state index contributed by atoms with van der Waals surface area (Å²) in [6.45, 7) is 5.18. The molecule has 27 heavy (non-hydrogen) atoms. The van der Waals surface area contributed by atoms with E-state index in [0.717, 1.165) is 41.8 Å². The first kappa shape index (κ1) is 18.2. The van der Waals surface area contributed by atoms with Crippen molar-refractivity contribution < 1.29 is 13.2 Å². The molecule has 2 aliphatic heterocycles. The summed E-state index contributed by atoms with van der Waals surface area (Å²) < 4.78 is 28.2. The predicted molar refractivity (Wildman–Crippen MR) is 105 cm³/mol. The summed E-state index contributed by atoms with van der Waals surface area (Å²) in [4.78, 5) is 14.7. The van der Waals surface area contributed by atoms with Crippen molar-refractivity contribution in [1.82, 2.24) is 4.31 Å². The molecule has 2 aliphatic rings. The lowest BCUT2D eigenvalue weighted by Gasteiger charge is -2.27. The normalized spacial score (nSPS) is 18.9. The number of carbonyl (C=O) groups is 1. The Balaban J connectivity index is 1.75. The monoisotopic (exact) mass is 384 g/mol. The molecule has 0 spiro atoms. The number of benzene rings is 2. The molecule has 2 heterocycles. The average molecular weight is 385 g/mol. The van der Waals surface area contributed by atoms with Crippen LogP contribution in [0.15, 0.2) is 47.4 Å². The van der Waals surface area contributed by atoms with E-state index in [9.17, 15) is 13.2 Å². The molecule has 0 saturated heterocycles. The van der Waals surface area contributed by atoms with Crippen LogP contribution in [-0.2, 0) is 27.8 Å².